The Morgan fingerprint density at radius 2 is 2.27 bits per heavy atom. The van der Waals surface area contributed by atoms with Crippen molar-refractivity contribution in [2.24, 2.45) is 5.73 Å². The van der Waals surface area contributed by atoms with Crippen molar-refractivity contribution in [1.29, 1.82) is 0 Å². The highest BCUT2D eigenvalue weighted by Gasteiger charge is 2.14. The molecule has 0 aromatic carbocycles. The van der Waals surface area contributed by atoms with E-state index in [4.69, 9.17) is 10.8 Å². The van der Waals surface area contributed by atoms with Gasteiger partial charge in [0.05, 0.1) is 24.0 Å². The highest BCUT2D eigenvalue weighted by atomic mass is 16.3. The summed E-state index contributed by atoms with van der Waals surface area (Å²) in [4.78, 5) is 4.41. The maximum Gasteiger partial charge on any atom is 0.137 e. The SMILES string of the molecule is Cc1ccn2c(C(N)CO)c(C)nc2c1. The lowest BCUT2D eigenvalue weighted by Crippen LogP contribution is -2.17. The van der Waals surface area contributed by atoms with Crippen LogP contribution in [0.2, 0.25) is 0 Å². The summed E-state index contributed by atoms with van der Waals surface area (Å²) >= 11 is 0. The zero-order valence-electron chi connectivity index (χ0n) is 8.94. The molecule has 0 spiro atoms. The van der Waals surface area contributed by atoms with Crippen LogP contribution in [0.25, 0.3) is 5.65 Å². The van der Waals surface area contributed by atoms with Gasteiger partial charge in [-0.2, -0.15) is 0 Å². The summed E-state index contributed by atoms with van der Waals surface area (Å²) in [5.41, 5.74) is 9.64. The van der Waals surface area contributed by atoms with Gasteiger partial charge in [0.15, 0.2) is 0 Å². The van der Waals surface area contributed by atoms with E-state index in [0.29, 0.717) is 0 Å². The number of nitrogens with zero attached hydrogens (tertiary/aromatic N) is 2. The molecule has 4 nitrogen and oxygen atoms in total. The summed E-state index contributed by atoms with van der Waals surface area (Å²) < 4.78 is 1.93. The van der Waals surface area contributed by atoms with Crippen molar-refractivity contribution in [3.05, 3.63) is 35.3 Å². The van der Waals surface area contributed by atoms with Gasteiger partial charge in [0.25, 0.3) is 0 Å². The fourth-order valence-corrected chi connectivity index (χ4v) is 1.82. The second kappa shape index (κ2) is 3.64. The van der Waals surface area contributed by atoms with E-state index < -0.39 is 0 Å². The van der Waals surface area contributed by atoms with Crippen molar-refractivity contribution in [3.63, 3.8) is 0 Å². The van der Waals surface area contributed by atoms with Gasteiger partial charge in [-0.3, -0.25) is 0 Å². The Morgan fingerprint density at radius 1 is 1.53 bits per heavy atom. The van der Waals surface area contributed by atoms with Crippen molar-refractivity contribution in [2.75, 3.05) is 6.61 Å². The molecule has 0 radical (unpaired) electrons. The average Bonchev–Trinajstić information content (AvgIpc) is 2.52. The molecule has 3 N–H and O–H groups in total. The fourth-order valence-electron chi connectivity index (χ4n) is 1.82. The molecule has 0 bridgehead atoms. The number of aryl methyl sites for hydroxylation is 2. The van der Waals surface area contributed by atoms with Crippen molar-refractivity contribution in [2.45, 2.75) is 19.9 Å². The molecule has 0 saturated carbocycles. The van der Waals surface area contributed by atoms with Gasteiger partial charge < -0.3 is 15.2 Å². The molecular formula is C11H15N3O. The number of fused-ring (bicyclic) bond motifs is 1. The minimum Gasteiger partial charge on any atom is -0.394 e. The van der Waals surface area contributed by atoms with Gasteiger partial charge in [-0.1, -0.05) is 0 Å². The minimum atomic E-state index is -0.372. The van der Waals surface area contributed by atoms with Gasteiger partial charge in [0.2, 0.25) is 0 Å². The van der Waals surface area contributed by atoms with E-state index in [1.165, 1.54) is 0 Å². The standard InChI is InChI=1S/C11H15N3O/c1-7-3-4-14-10(5-7)13-8(2)11(14)9(12)6-15/h3-5,9,15H,6,12H2,1-2H3. The maximum absolute atomic E-state index is 9.08. The normalized spacial score (nSPS) is 13.3. The molecule has 2 aromatic rings. The molecule has 15 heavy (non-hydrogen) atoms. The second-order valence-electron chi connectivity index (χ2n) is 3.80. The number of hydrogen-bond donors (Lipinski definition) is 2. The van der Waals surface area contributed by atoms with Crippen LogP contribution in [-0.4, -0.2) is 21.1 Å². The third-order valence-corrected chi connectivity index (χ3v) is 2.55. The zero-order valence-corrected chi connectivity index (χ0v) is 8.94. The van der Waals surface area contributed by atoms with Gasteiger partial charge in [0.1, 0.15) is 5.65 Å². The monoisotopic (exact) mass is 205 g/mol. The molecule has 0 fully saturated rings. The molecule has 0 saturated heterocycles. The van der Waals surface area contributed by atoms with Crippen LogP contribution >= 0.6 is 0 Å². The molecule has 0 aliphatic rings. The predicted molar refractivity (Wildman–Crippen MR) is 58.7 cm³/mol. The molecule has 80 valence electrons. The van der Waals surface area contributed by atoms with Gasteiger partial charge in [0, 0.05) is 6.20 Å². The van der Waals surface area contributed by atoms with Crippen molar-refractivity contribution >= 4 is 5.65 Å². The number of aromatic nitrogens is 2. The highest BCUT2D eigenvalue weighted by Crippen LogP contribution is 2.18. The van der Waals surface area contributed by atoms with Crippen LogP contribution in [0.15, 0.2) is 18.3 Å². The van der Waals surface area contributed by atoms with Crippen LogP contribution < -0.4 is 5.73 Å². The maximum atomic E-state index is 9.08. The van der Waals surface area contributed by atoms with Crippen LogP contribution in [0.5, 0.6) is 0 Å². The summed E-state index contributed by atoms with van der Waals surface area (Å²) in [6, 6.07) is 3.63. The number of hydrogen-bond acceptors (Lipinski definition) is 3. The first-order chi connectivity index (χ1) is 7.13. The van der Waals surface area contributed by atoms with Gasteiger partial charge in [-0.25, -0.2) is 4.98 Å². The van der Waals surface area contributed by atoms with Crippen LogP contribution in [0, 0.1) is 13.8 Å². The average molecular weight is 205 g/mol. The number of aliphatic hydroxyl groups is 1. The number of imidazole rings is 1. The van der Waals surface area contributed by atoms with E-state index in [1.807, 2.05) is 36.6 Å². The second-order valence-corrected chi connectivity index (χ2v) is 3.80. The van der Waals surface area contributed by atoms with Crippen LogP contribution in [0.4, 0.5) is 0 Å². The highest BCUT2D eigenvalue weighted by molar-refractivity contribution is 5.46. The molecular weight excluding hydrogens is 190 g/mol. The summed E-state index contributed by atoms with van der Waals surface area (Å²) in [6.45, 7) is 3.87. The Morgan fingerprint density at radius 3 is 2.93 bits per heavy atom. The van der Waals surface area contributed by atoms with Gasteiger partial charge in [-0.15, -0.1) is 0 Å². The van der Waals surface area contributed by atoms with Crippen LogP contribution in [-0.2, 0) is 0 Å². The molecule has 0 aliphatic heterocycles. The first-order valence-corrected chi connectivity index (χ1v) is 4.95. The third kappa shape index (κ3) is 1.62. The zero-order chi connectivity index (χ0) is 11.0. The predicted octanol–water partition coefficient (Wildman–Crippen LogP) is 0.943. The van der Waals surface area contributed by atoms with E-state index >= 15 is 0 Å². The molecule has 2 heterocycles. The molecule has 4 heteroatoms. The first kappa shape index (κ1) is 10.1. The van der Waals surface area contributed by atoms with Gasteiger partial charge >= 0.3 is 0 Å². The van der Waals surface area contributed by atoms with Crippen LogP contribution in [0.3, 0.4) is 0 Å². The number of aliphatic hydroxyl groups excluding tert-OH is 1. The van der Waals surface area contributed by atoms with E-state index in [1.54, 1.807) is 0 Å². The van der Waals surface area contributed by atoms with E-state index in [-0.39, 0.29) is 12.6 Å². The lowest BCUT2D eigenvalue weighted by Gasteiger charge is -2.09. The lowest BCUT2D eigenvalue weighted by molar-refractivity contribution is 0.265. The number of pyridine rings is 1. The molecule has 0 amide bonds. The summed E-state index contributed by atoms with van der Waals surface area (Å²) in [7, 11) is 0. The Kier molecular flexibility index (Phi) is 2.46. The van der Waals surface area contributed by atoms with Crippen molar-refractivity contribution in [1.82, 2.24) is 9.38 Å². The van der Waals surface area contributed by atoms with E-state index in [0.717, 1.165) is 22.6 Å². The largest absolute Gasteiger partial charge is 0.394 e. The smallest absolute Gasteiger partial charge is 0.137 e. The third-order valence-electron chi connectivity index (χ3n) is 2.55. The Labute approximate surface area is 88.4 Å². The quantitative estimate of drug-likeness (QED) is 0.767. The summed E-state index contributed by atoms with van der Waals surface area (Å²) in [5.74, 6) is 0. The van der Waals surface area contributed by atoms with Crippen LogP contribution in [0.1, 0.15) is 23.0 Å². The molecule has 2 aromatic heterocycles. The Hall–Kier alpha value is -1.39. The Bertz CT molecular complexity index is 490. The summed E-state index contributed by atoms with van der Waals surface area (Å²) in [6.07, 6.45) is 1.94. The minimum absolute atomic E-state index is 0.0670. The number of nitrogens with two attached hydrogens (primary N) is 1. The fraction of sp³-hybridized carbons (Fsp3) is 0.364. The first-order valence-electron chi connectivity index (χ1n) is 4.95. The Balaban J connectivity index is 2.68. The molecule has 1 unspecified atom stereocenters. The van der Waals surface area contributed by atoms with Crippen molar-refractivity contribution < 1.29 is 5.11 Å². The molecule has 0 aliphatic carbocycles. The lowest BCUT2D eigenvalue weighted by atomic mass is 10.2. The van der Waals surface area contributed by atoms with E-state index in [2.05, 4.69) is 4.98 Å². The van der Waals surface area contributed by atoms with E-state index in [9.17, 15) is 0 Å². The molecule has 2 rings (SSSR count). The summed E-state index contributed by atoms with van der Waals surface area (Å²) in [5, 5.41) is 9.08. The van der Waals surface area contributed by atoms with Crippen molar-refractivity contribution in [3.8, 4) is 0 Å². The molecule has 1 atom stereocenters. The van der Waals surface area contributed by atoms with Gasteiger partial charge in [-0.05, 0) is 31.5 Å². The number of rotatable bonds is 2. The topological polar surface area (TPSA) is 63.5 Å².